The molecule has 1 unspecified atom stereocenters. The van der Waals surface area contributed by atoms with Crippen LogP contribution in [-0.2, 0) is 19.1 Å². The quantitative estimate of drug-likeness (QED) is 0.636. The number of carboxylic acid groups (broad SMARTS) is 1. The van der Waals surface area contributed by atoms with Gasteiger partial charge in [0.2, 0.25) is 6.79 Å². The number of rotatable bonds is 6. The minimum atomic E-state index is -1.90. The van der Waals surface area contributed by atoms with Gasteiger partial charge in [-0.25, -0.2) is 4.79 Å². The van der Waals surface area contributed by atoms with Gasteiger partial charge in [0, 0.05) is 12.0 Å². The van der Waals surface area contributed by atoms with Gasteiger partial charge in [-0.2, -0.15) is 8.75 Å². The number of hydrogen-bond acceptors (Lipinski definition) is 8. The van der Waals surface area contributed by atoms with Crippen LogP contribution in [0.15, 0.2) is 47.4 Å². The molecule has 1 saturated carbocycles. The van der Waals surface area contributed by atoms with Crippen LogP contribution in [0.3, 0.4) is 0 Å². The summed E-state index contributed by atoms with van der Waals surface area (Å²) in [4.78, 5) is 26.2. The topological polar surface area (TPSA) is 119 Å². The van der Waals surface area contributed by atoms with Gasteiger partial charge < -0.3 is 19.7 Å². The van der Waals surface area contributed by atoms with Gasteiger partial charge in [0.25, 0.3) is 0 Å². The fourth-order valence-corrected chi connectivity index (χ4v) is 5.22. The van der Waals surface area contributed by atoms with E-state index in [1.165, 1.54) is 12.2 Å². The lowest BCUT2D eigenvalue weighted by Crippen LogP contribution is -2.40. The van der Waals surface area contributed by atoms with E-state index in [-0.39, 0.29) is 30.3 Å². The molecule has 1 aromatic carbocycles. The van der Waals surface area contributed by atoms with E-state index in [0.29, 0.717) is 34.5 Å². The first kappa shape index (κ1) is 20.8. The highest BCUT2D eigenvalue weighted by Gasteiger charge is 2.43. The molecule has 1 atom stereocenters. The van der Waals surface area contributed by atoms with Crippen LogP contribution >= 0.6 is 11.7 Å². The molecule has 166 valence electrons. The fraction of sp³-hybridized carbons (Fsp3) is 0.391. The average molecular weight is 455 g/mol. The molecule has 2 aliphatic carbocycles. The molecule has 8 nitrogen and oxygen atoms in total. The molecule has 2 N–H and O–H groups in total. The van der Waals surface area contributed by atoms with E-state index in [1.54, 1.807) is 18.2 Å². The van der Waals surface area contributed by atoms with Crippen LogP contribution < -0.4 is 0 Å². The van der Waals surface area contributed by atoms with Crippen LogP contribution in [-0.4, -0.2) is 43.1 Å². The lowest BCUT2D eigenvalue weighted by molar-refractivity contribution is -0.132. The third kappa shape index (κ3) is 3.71. The van der Waals surface area contributed by atoms with Gasteiger partial charge in [0.1, 0.15) is 16.8 Å². The molecule has 0 radical (unpaired) electrons. The Bertz CT molecular complexity index is 1190. The number of carboxylic acids is 1. The zero-order valence-electron chi connectivity index (χ0n) is 17.2. The monoisotopic (exact) mass is 454 g/mol. The minimum Gasteiger partial charge on any atom is -0.478 e. The zero-order chi connectivity index (χ0) is 22.3. The summed E-state index contributed by atoms with van der Waals surface area (Å²) in [5.41, 5.74) is -0.250. The van der Waals surface area contributed by atoms with Crippen molar-refractivity contribution in [3.63, 3.8) is 0 Å². The second kappa shape index (κ2) is 8.14. The number of Topliss-reactive ketones (excluding diaryl/α,β-unsaturated/α-hetero) is 1. The number of benzene rings is 1. The van der Waals surface area contributed by atoms with Gasteiger partial charge in [-0.05, 0) is 42.2 Å². The van der Waals surface area contributed by atoms with Gasteiger partial charge in [0.15, 0.2) is 17.1 Å². The summed E-state index contributed by atoms with van der Waals surface area (Å²) < 4.78 is 19.1. The van der Waals surface area contributed by atoms with Crippen molar-refractivity contribution in [1.29, 1.82) is 0 Å². The number of aromatic nitrogens is 2. The molecule has 2 heterocycles. The number of allylic oxidation sites excluding steroid dienone is 1. The first-order valence-electron chi connectivity index (χ1n) is 10.6. The summed E-state index contributed by atoms with van der Waals surface area (Å²) >= 11 is 1.04. The maximum atomic E-state index is 13.8. The van der Waals surface area contributed by atoms with Crippen molar-refractivity contribution in [1.82, 2.24) is 8.75 Å². The Kier molecular flexibility index (Phi) is 5.30. The predicted octanol–water partition coefficient (Wildman–Crippen LogP) is 3.59. The number of carbonyl (C=O) groups excluding carboxylic acids is 1. The molecule has 0 amide bonds. The Morgan fingerprint density at radius 2 is 1.94 bits per heavy atom. The zero-order valence-corrected chi connectivity index (χ0v) is 18.1. The largest absolute Gasteiger partial charge is 0.478 e. The number of fused-ring (bicyclic) bond motifs is 1. The molecule has 32 heavy (non-hydrogen) atoms. The SMILES string of the molecule is O=C(O)C(=C(CC1CCCC1)C(=O)C1(O)C=CC2=C(C1)OCO2)c1ccc2nsnc2c1. The maximum Gasteiger partial charge on any atom is 0.336 e. The van der Waals surface area contributed by atoms with Crippen molar-refractivity contribution in [3.05, 3.63) is 53.0 Å². The standard InChI is InChI=1S/C23H22N2O6S/c26-21(23(29)8-7-18-19(11-23)31-12-30-18)15(9-13-3-1-2-4-13)20(22(27)28)14-5-6-16-17(10-14)25-32-24-16/h5-8,10,13,29H,1-4,9,11-12H2,(H,27,28). The second-order valence-electron chi connectivity index (χ2n) is 8.44. The number of ether oxygens (including phenoxy) is 2. The van der Waals surface area contributed by atoms with E-state index in [0.717, 1.165) is 37.4 Å². The predicted molar refractivity (Wildman–Crippen MR) is 116 cm³/mol. The third-order valence-electron chi connectivity index (χ3n) is 6.36. The van der Waals surface area contributed by atoms with Crippen molar-refractivity contribution in [3.8, 4) is 0 Å². The van der Waals surface area contributed by atoms with Crippen LogP contribution in [0, 0.1) is 5.92 Å². The smallest absolute Gasteiger partial charge is 0.336 e. The highest BCUT2D eigenvalue weighted by atomic mass is 32.1. The van der Waals surface area contributed by atoms with Crippen molar-refractivity contribution in [2.24, 2.45) is 5.92 Å². The van der Waals surface area contributed by atoms with Crippen molar-refractivity contribution >= 4 is 40.1 Å². The van der Waals surface area contributed by atoms with E-state index in [9.17, 15) is 19.8 Å². The molecule has 1 aliphatic heterocycles. The molecule has 0 bridgehead atoms. The van der Waals surface area contributed by atoms with Gasteiger partial charge >= 0.3 is 5.97 Å². The second-order valence-corrected chi connectivity index (χ2v) is 8.97. The molecule has 0 spiro atoms. The molecular weight excluding hydrogens is 432 g/mol. The Morgan fingerprint density at radius 3 is 2.72 bits per heavy atom. The molecular formula is C23H22N2O6S. The first-order valence-corrected chi connectivity index (χ1v) is 11.3. The highest BCUT2D eigenvalue weighted by molar-refractivity contribution is 7.00. The van der Waals surface area contributed by atoms with Gasteiger partial charge in [-0.15, -0.1) is 0 Å². The minimum absolute atomic E-state index is 0.0338. The summed E-state index contributed by atoms with van der Waals surface area (Å²) in [6.07, 6.45) is 7.07. The summed E-state index contributed by atoms with van der Waals surface area (Å²) in [6, 6.07) is 4.98. The van der Waals surface area contributed by atoms with Gasteiger partial charge in [-0.1, -0.05) is 31.7 Å². The third-order valence-corrected chi connectivity index (χ3v) is 6.91. The number of hydrogen-bond donors (Lipinski definition) is 2. The summed E-state index contributed by atoms with van der Waals surface area (Å²) in [5.74, 6) is -0.738. The Hall–Kier alpha value is -3.04. The van der Waals surface area contributed by atoms with Crippen molar-refractivity contribution in [2.45, 2.75) is 44.1 Å². The van der Waals surface area contributed by atoms with Gasteiger partial charge in [0.05, 0.1) is 17.3 Å². The van der Waals surface area contributed by atoms with Crippen LogP contribution in [0.25, 0.3) is 16.6 Å². The van der Waals surface area contributed by atoms with Gasteiger partial charge in [-0.3, -0.25) is 4.79 Å². The summed E-state index contributed by atoms with van der Waals surface area (Å²) in [5, 5.41) is 21.5. The molecule has 3 aliphatic rings. The van der Waals surface area contributed by atoms with Crippen molar-refractivity contribution < 1.29 is 29.3 Å². The van der Waals surface area contributed by atoms with E-state index in [4.69, 9.17) is 9.47 Å². The van der Waals surface area contributed by atoms with Crippen LogP contribution in [0.1, 0.15) is 44.1 Å². The highest BCUT2D eigenvalue weighted by Crippen LogP contribution is 2.39. The number of nitrogens with zero attached hydrogens (tertiary/aromatic N) is 2. The molecule has 9 heteroatoms. The number of aliphatic carboxylic acids is 1. The van der Waals surface area contributed by atoms with Crippen LogP contribution in [0.2, 0.25) is 0 Å². The summed E-state index contributed by atoms with van der Waals surface area (Å²) in [6.45, 7) is 0.0338. The molecule has 2 aromatic rings. The Balaban J connectivity index is 1.61. The van der Waals surface area contributed by atoms with E-state index in [2.05, 4.69) is 8.75 Å². The maximum absolute atomic E-state index is 13.8. The van der Waals surface area contributed by atoms with E-state index >= 15 is 0 Å². The molecule has 5 rings (SSSR count). The number of carbonyl (C=O) groups is 2. The average Bonchev–Trinajstić information content (AvgIpc) is 3.53. The fourth-order valence-electron chi connectivity index (χ4n) is 4.71. The summed E-state index contributed by atoms with van der Waals surface area (Å²) in [7, 11) is 0. The van der Waals surface area contributed by atoms with Crippen LogP contribution in [0.4, 0.5) is 0 Å². The van der Waals surface area contributed by atoms with Crippen LogP contribution in [0.5, 0.6) is 0 Å². The lowest BCUT2D eigenvalue weighted by atomic mass is 9.79. The van der Waals surface area contributed by atoms with Crippen molar-refractivity contribution in [2.75, 3.05) is 6.79 Å². The molecule has 1 aromatic heterocycles. The number of aliphatic hydroxyl groups is 1. The first-order chi connectivity index (χ1) is 15.4. The van der Waals surface area contributed by atoms with E-state index < -0.39 is 17.4 Å². The Labute approximate surface area is 188 Å². The number of ketones is 1. The van der Waals surface area contributed by atoms with E-state index in [1.807, 2.05) is 0 Å². The Morgan fingerprint density at radius 1 is 1.16 bits per heavy atom. The molecule has 1 fully saturated rings. The molecule has 0 saturated heterocycles. The lowest BCUT2D eigenvalue weighted by Gasteiger charge is -2.28. The normalized spacial score (nSPS) is 23.7.